The summed E-state index contributed by atoms with van der Waals surface area (Å²) in [6, 6.07) is 24.9. The lowest BCUT2D eigenvalue weighted by atomic mass is 10.1. The van der Waals surface area contributed by atoms with Crippen LogP contribution in [0.4, 0.5) is 5.69 Å². The summed E-state index contributed by atoms with van der Waals surface area (Å²) in [6.45, 7) is -0.0555. The number of amides is 1. The maximum absolute atomic E-state index is 13.2. The number of benzene rings is 3. The fourth-order valence-electron chi connectivity index (χ4n) is 3.62. The van der Waals surface area contributed by atoms with Crippen LogP contribution >= 0.6 is 0 Å². The number of hydrogen-bond acceptors (Lipinski definition) is 4. The number of nitrogens with one attached hydrogen (secondary N) is 1. The molecule has 32 heavy (non-hydrogen) atoms. The first-order chi connectivity index (χ1) is 15.6. The minimum Gasteiger partial charge on any atom is -0.324 e. The van der Waals surface area contributed by atoms with Gasteiger partial charge in [0.25, 0.3) is 5.56 Å². The van der Waals surface area contributed by atoms with Crippen LogP contribution in [-0.4, -0.2) is 15.0 Å². The second-order valence-corrected chi connectivity index (χ2v) is 7.32. The summed E-state index contributed by atoms with van der Waals surface area (Å²) in [5, 5.41) is 12.1. The first kappa shape index (κ1) is 20.8. The van der Waals surface area contributed by atoms with Crippen molar-refractivity contribution < 1.29 is 4.79 Å². The van der Waals surface area contributed by atoms with E-state index >= 15 is 0 Å². The van der Waals surface area contributed by atoms with Gasteiger partial charge in [-0.1, -0.05) is 48.5 Å². The summed E-state index contributed by atoms with van der Waals surface area (Å²) in [4.78, 5) is 38.9. The number of fused-ring (bicyclic) bond motifs is 1. The van der Waals surface area contributed by atoms with E-state index in [1.54, 1.807) is 48.5 Å². The third-order valence-corrected chi connectivity index (χ3v) is 5.18. The standard InChI is InChI=1S/C25H20N4O3/c26-16-19-9-6-10-20(15-19)27-23(30)17-29-22-12-5-4-11-21(22)24(31)28(25(29)32)14-13-18-7-2-1-3-8-18/h1-12,15H,13-14,17H2,(H,27,30). The number of nitriles is 1. The Hall–Kier alpha value is -4.44. The van der Waals surface area contributed by atoms with Crippen LogP contribution < -0.4 is 16.6 Å². The molecule has 0 aliphatic carbocycles. The molecule has 1 N–H and O–H groups in total. The van der Waals surface area contributed by atoms with E-state index in [2.05, 4.69) is 5.32 Å². The molecule has 4 aromatic rings. The number of nitrogens with zero attached hydrogens (tertiary/aromatic N) is 3. The van der Waals surface area contributed by atoms with Crippen LogP contribution in [0.3, 0.4) is 0 Å². The van der Waals surface area contributed by atoms with Crippen LogP contribution in [0.15, 0.2) is 88.5 Å². The zero-order valence-electron chi connectivity index (χ0n) is 17.2. The molecule has 158 valence electrons. The topological polar surface area (TPSA) is 96.9 Å². The van der Waals surface area contributed by atoms with Gasteiger partial charge in [-0.15, -0.1) is 0 Å². The Balaban J connectivity index is 1.68. The smallest absolute Gasteiger partial charge is 0.324 e. The molecule has 1 amide bonds. The van der Waals surface area contributed by atoms with E-state index in [-0.39, 0.29) is 18.6 Å². The number of aryl methyl sites for hydroxylation is 1. The maximum atomic E-state index is 13.2. The Labute approximate surface area is 183 Å². The van der Waals surface area contributed by atoms with Gasteiger partial charge >= 0.3 is 5.69 Å². The average Bonchev–Trinajstić information content (AvgIpc) is 2.82. The van der Waals surface area contributed by atoms with Crippen molar-refractivity contribution >= 4 is 22.5 Å². The highest BCUT2D eigenvalue weighted by atomic mass is 16.2. The molecule has 1 aromatic heterocycles. The van der Waals surface area contributed by atoms with Crippen LogP contribution in [0.25, 0.3) is 10.9 Å². The van der Waals surface area contributed by atoms with Gasteiger partial charge in [0.15, 0.2) is 0 Å². The molecular formula is C25H20N4O3. The van der Waals surface area contributed by atoms with Crippen molar-refractivity contribution in [3.63, 3.8) is 0 Å². The molecule has 0 atom stereocenters. The molecule has 1 heterocycles. The Morgan fingerprint density at radius 2 is 1.66 bits per heavy atom. The number of anilines is 1. The molecule has 0 fully saturated rings. The van der Waals surface area contributed by atoms with E-state index in [9.17, 15) is 14.4 Å². The van der Waals surface area contributed by atoms with Crippen LogP contribution in [0.1, 0.15) is 11.1 Å². The number of aromatic nitrogens is 2. The largest absolute Gasteiger partial charge is 0.331 e. The maximum Gasteiger partial charge on any atom is 0.331 e. The molecule has 0 spiro atoms. The van der Waals surface area contributed by atoms with Crippen LogP contribution in [0.2, 0.25) is 0 Å². The van der Waals surface area contributed by atoms with Gasteiger partial charge in [0, 0.05) is 12.2 Å². The van der Waals surface area contributed by atoms with Gasteiger partial charge in [-0.25, -0.2) is 4.79 Å². The number of hydrogen-bond donors (Lipinski definition) is 1. The van der Waals surface area contributed by atoms with E-state index in [1.807, 2.05) is 36.4 Å². The Morgan fingerprint density at radius 1 is 0.906 bits per heavy atom. The molecule has 0 radical (unpaired) electrons. The van der Waals surface area contributed by atoms with Crippen molar-refractivity contribution in [3.05, 3.63) is 111 Å². The zero-order valence-corrected chi connectivity index (χ0v) is 17.2. The highest BCUT2D eigenvalue weighted by Crippen LogP contribution is 2.11. The van der Waals surface area contributed by atoms with Gasteiger partial charge in [-0.05, 0) is 42.3 Å². The molecular weight excluding hydrogens is 404 g/mol. The van der Waals surface area contributed by atoms with Crippen molar-refractivity contribution in [2.24, 2.45) is 0 Å². The number of carbonyl (C=O) groups is 1. The van der Waals surface area contributed by atoms with Crippen LogP contribution in [0.5, 0.6) is 0 Å². The Kier molecular flexibility index (Phi) is 5.95. The zero-order chi connectivity index (χ0) is 22.5. The van der Waals surface area contributed by atoms with Gasteiger partial charge in [0.1, 0.15) is 6.54 Å². The highest BCUT2D eigenvalue weighted by molar-refractivity contribution is 5.91. The fourth-order valence-corrected chi connectivity index (χ4v) is 3.62. The molecule has 4 rings (SSSR count). The molecule has 0 aliphatic heterocycles. The summed E-state index contributed by atoms with van der Waals surface area (Å²) in [7, 11) is 0. The fraction of sp³-hybridized carbons (Fsp3) is 0.120. The Bertz CT molecular complexity index is 1450. The van der Waals surface area contributed by atoms with Gasteiger partial charge in [-0.3, -0.25) is 18.7 Å². The normalized spacial score (nSPS) is 10.6. The second kappa shape index (κ2) is 9.14. The predicted octanol–water partition coefficient (Wildman–Crippen LogP) is 2.92. The lowest BCUT2D eigenvalue weighted by Crippen LogP contribution is -2.42. The lowest BCUT2D eigenvalue weighted by molar-refractivity contribution is -0.116. The third kappa shape index (κ3) is 4.35. The Morgan fingerprint density at radius 3 is 2.44 bits per heavy atom. The minimum atomic E-state index is -0.537. The first-order valence-electron chi connectivity index (χ1n) is 10.1. The van der Waals surface area contributed by atoms with Crippen molar-refractivity contribution in [1.29, 1.82) is 5.26 Å². The van der Waals surface area contributed by atoms with Gasteiger partial charge in [0.05, 0.1) is 22.5 Å². The summed E-state index contributed by atoms with van der Waals surface area (Å²) in [6.07, 6.45) is 0.515. The van der Waals surface area contributed by atoms with Crippen LogP contribution in [-0.2, 0) is 24.3 Å². The summed E-state index contributed by atoms with van der Waals surface area (Å²) in [5.41, 5.74) is 1.38. The van der Waals surface area contributed by atoms with Crippen molar-refractivity contribution in [2.75, 3.05) is 5.32 Å². The minimum absolute atomic E-state index is 0.207. The van der Waals surface area contributed by atoms with E-state index in [1.165, 1.54) is 9.13 Å². The van der Waals surface area contributed by atoms with E-state index in [0.29, 0.717) is 28.6 Å². The molecule has 3 aromatic carbocycles. The second-order valence-electron chi connectivity index (χ2n) is 7.32. The molecule has 7 nitrogen and oxygen atoms in total. The average molecular weight is 424 g/mol. The lowest BCUT2D eigenvalue weighted by Gasteiger charge is -2.14. The molecule has 0 saturated heterocycles. The van der Waals surface area contributed by atoms with E-state index in [4.69, 9.17) is 5.26 Å². The first-order valence-corrected chi connectivity index (χ1v) is 10.1. The number of para-hydroxylation sites is 1. The number of carbonyl (C=O) groups excluding carboxylic acids is 1. The summed E-state index contributed by atoms with van der Waals surface area (Å²) < 4.78 is 2.49. The molecule has 0 aliphatic rings. The predicted molar refractivity (Wildman–Crippen MR) is 122 cm³/mol. The van der Waals surface area contributed by atoms with Gasteiger partial charge < -0.3 is 5.32 Å². The highest BCUT2D eigenvalue weighted by Gasteiger charge is 2.15. The van der Waals surface area contributed by atoms with Crippen molar-refractivity contribution in [2.45, 2.75) is 19.5 Å². The van der Waals surface area contributed by atoms with Crippen LogP contribution in [0, 0.1) is 11.3 Å². The molecule has 0 saturated carbocycles. The SMILES string of the molecule is N#Cc1cccc(NC(=O)Cn2c(=O)n(CCc3ccccc3)c(=O)c3ccccc32)c1. The molecule has 7 heteroatoms. The molecule has 0 bridgehead atoms. The van der Waals surface area contributed by atoms with Crippen molar-refractivity contribution in [3.8, 4) is 6.07 Å². The monoisotopic (exact) mass is 424 g/mol. The van der Waals surface area contributed by atoms with Gasteiger partial charge in [0.2, 0.25) is 5.91 Å². The summed E-state index contributed by atoms with van der Waals surface area (Å²) in [5.74, 6) is -0.430. The molecule has 0 unspecified atom stereocenters. The van der Waals surface area contributed by atoms with Crippen molar-refractivity contribution in [1.82, 2.24) is 9.13 Å². The third-order valence-electron chi connectivity index (χ3n) is 5.18. The van der Waals surface area contributed by atoms with E-state index in [0.717, 1.165) is 5.56 Å². The summed E-state index contributed by atoms with van der Waals surface area (Å²) >= 11 is 0. The quantitative estimate of drug-likeness (QED) is 0.515. The van der Waals surface area contributed by atoms with Gasteiger partial charge in [-0.2, -0.15) is 5.26 Å². The van der Waals surface area contributed by atoms with E-state index < -0.39 is 11.6 Å². The number of rotatable bonds is 6.